The molecule has 7 nitrogen and oxygen atoms in total. The van der Waals surface area contributed by atoms with E-state index < -0.39 is 36.0 Å². The lowest BCUT2D eigenvalue weighted by atomic mass is 9.74. The monoisotopic (exact) mass is 471 g/mol. The molecule has 0 radical (unpaired) electrons. The fourth-order valence-corrected chi connectivity index (χ4v) is 3.81. The van der Waals surface area contributed by atoms with Crippen molar-refractivity contribution >= 4 is 16.6 Å². The van der Waals surface area contributed by atoms with Gasteiger partial charge in [0, 0.05) is 28.8 Å². The van der Waals surface area contributed by atoms with E-state index in [1.54, 1.807) is 6.07 Å². The number of fused-ring (bicyclic) bond motifs is 1. The number of ether oxygens (including phenoxy) is 1. The van der Waals surface area contributed by atoms with E-state index in [4.69, 9.17) is 9.62 Å². The number of methoxy groups -OCH3 is 1. The van der Waals surface area contributed by atoms with E-state index >= 15 is 0 Å². The number of hydrogen-bond donors (Lipinski definition) is 3. The molecule has 1 atom stereocenters. The van der Waals surface area contributed by atoms with Crippen LogP contribution in [0.1, 0.15) is 25.8 Å². The first-order valence-corrected chi connectivity index (χ1v) is 9.95. The van der Waals surface area contributed by atoms with Crippen LogP contribution in [-0.2, 0) is 10.3 Å². The number of hydrogen-bond acceptors (Lipinski definition) is 6. The van der Waals surface area contributed by atoms with E-state index in [0.717, 1.165) is 12.1 Å². The van der Waals surface area contributed by atoms with Crippen LogP contribution in [0.4, 0.5) is 23.2 Å². The topological polar surface area (TPSA) is 88.6 Å². The van der Waals surface area contributed by atoms with E-state index in [1.807, 2.05) is 0 Å². The predicted molar refractivity (Wildman–Crippen MR) is 114 cm³/mol. The standard InChI is InChI=1S/C22H25F4N3O4/c1-20(2,16-7-13(23)5-6-19(16)33-32-4)11-21(30,22(24,25)26)12-27-17-8-14(31-3)9-18-15(17)10-28-29-18/h5-10,27,30H,11-12H2,1-4H3,(H,28,29). The molecule has 3 rings (SSSR count). The van der Waals surface area contributed by atoms with Gasteiger partial charge in [0.2, 0.25) is 0 Å². The van der Waals surface area contributed by atoms with Gasteiger partial charge in [-0.2, -0.15) is 23.2 Å². The van der Waals surface area contributed by atoms with E-state index in [0.29, 0.717) is 22.3 Å². The number of alkyl halides is 3. The minimum Gasteiger partial charge on any atom is -0.497 e. The summed E-state index contributed by atoms with van der Waals surface area (Å²) in [7, 11) is 2.65. The molecule has 2 aromatic carbocycles. The van der Waals surface area contributed by atoms with Crippen LogP contribution in [0.15, 0.2) is 36.5 Å². The lowest BCUT2D eigenvalue weighted by Gasteiger charge is -2.38. The predicted octanol–water partition coefficient (Wildman–Crippen LogP) is 4.72. The number of nitrogens with one attached hydrogen (secondary N) is 2. The maximum Gasteiger partial charge on any atom is 0.418 e. The van der Waals surface area contributed by atoms with Gasteiger partial charge in [-0.25, -0.2) is 4.39 Å². The molecule has 0 spiro atoms. The number of nitrogens with zero attached hydrogens (tertiary/aromatic N) is 1. The quantitative estimate of drug-likeness (QED) is 0.238. The second kappa shape index (κ2) is 9.06. The highest BCUT2D eigenvalue weighted by Crippen LogP contribution is 2.44. The average Bonchev–Trinajstić information content (AvgIpc) is 3.21. The van der Waals surface area contributed by atoms with E-state index in [9.17, 15) is 22.7 Å². The van der Waals surface area contributed by atoms with Crippen molar-refractivity contribution in [1.82, 2.24) is 10.2 Å². The number of anilines is 1. The number of aromatic amines is 1. The third kappa shape index (κ3) is 5.14. The Balaban J connectivity index is 1.94. The molecule has 0 aliphatic heterocycles. The van der Waals surface area contributed by atoms with Crippen LogP contribution in [0.3, 0.4) is 0 Å². The normalized spacial score (nSPS) is 14.2. The number of benzene rings is 2. The smallest absolute Gasteiger partial charge is 0.418 e. The molecular formula is C22H25F4N3O4. The van der Waals surface area contributed by atoms with Crippen LogP contribution < -0.4 is 14.9 Å². The van der Waals surface area contributed by atoms with E-state index in [1.165, 1.54) is 46.4 Å². The molecule has 3 N–H and O–H groups in total. The minimum absolute atomic E-state index is 0.0503. The SMILES string of the molecule is COOc1ccc(F)cc1C(C)(C)CC(O)(CNc1cc(OC)cc2[nH]ncc12)C(F)(F)F. The molecule has 0 aliphatic carbocycles. The Hall–Kier alpha value is -3.05. The van der Waals surface area contributed by atoms with Gasteiger partial charge in [-0.05, 0) is 30.0 Å². The van der Waals surface area contributed by atoms with Crippen molar-refractivity contribution in [2.24, 2.45) is 0 Å². The first-order chi connectivity index (χ1) is 15.4. The number of H-pyrrole nitrogens is 1. The lowest BCUT2D eigenvalue weighted by Crippen LogP contribution is -2.53. The molecule has 11 heteroatoms. The van der Waals surface area contributed by atoms with E-state index in [-0.39, 0.29) is 11.3 Å². The average molecular weight is 471 g/mol. The highest BCUT2D eigenvalue weighted by molar-refractivity contribution is 5.92. The van der Waals surface area contributed by atoms with Crippen LogP contribution in [0, 0.1) is 5.82 Å². The van der Waals surface area contributed by atoms with Crippen molar-refractivity contribution in [2.45, 2.75) is 37.5 Å². The summed E-state index contributed by atoms with van der Waals surface area (Å²) >= 11 is 0. The molecule has 1 aromatic heterocycles. The molecule has 0 saturated carbocycles. The van der Waals surface area contributed by atoms with Gasteiger partial charge in [0.05, 0.1) is 32.5 Å². The van der Waals surface area contributed by atoms with Gasteiger partial charge < -0.3 is 20.0 Å². The summed E-state index contributed by atoms with van der Waals surface area (Å²) in [5.74, 6) is -0.213. The summed E-state index contributed by atoms with van der Waals surface area (Å²) in [6.07, 6.45) is -4.34. The summed E-state index contributed by atoms with van der Waals surface area (Å²) in [5, 5.41) is 20.7. The third-order valence-corrected chi connectivity index (χ3v) is 5.45. The molecule has 0 fully saturated rings. The molecular weight excluding hydrogens is 446 g/mol. The van der Waals surface area contributed by atoms with Crippen LogP contribution in [0.25, 0.3) is 10.9 Å². The second-order valence-electron chi connectivity index (χ2n) is 8.34. The third-order valence-electron chi connectivity index (χ3n) is 5.45. The zero-order valence-corrected chi connectivity index (χ0v) is 18.5. The molecule has 0 amide bonds. The van der Waals surface area contributed by atoms with Gasteiger partial charge in [-0.1, -0.05) is 13.8 Å². The van der Waals surface area contributed by atoms with Gasteiger partial charge in [-0.3, -0.25) is 5.10 Å². The summed E-state index contributed by atoms with van der Waals surface area (Å²) in [4.78, 5) is 9.62. The Morgan fingerprint density at radius 2 is 1.85 bits per heavy atom. The lowest BCUT2D eigenvalue weighted by molar-refractivity contribution is -0.261. The first kappa shape index (κ1) is 24.6. The highest BCUT2D eigenvalue weighted by atomic mass is 19.4. The second-order valence-corrected chi connectivity index (χ2v) is 8.34. The largest absolute Gasteiger partial charge is 0.497 e. The van der Waals surface area contributed by atoms with Gasteiger partial charge in [0.1, 0.15) is 11.6 Å². The number of rotatable bonds is 9. The zero-order valence-electron chi connectivity index (χ0n) is 18.5. The van der Waals surface area contributed by atoms with Gasteiger partial charge in [0.15, 0.2) is 11.4 Å². The Labute approximate surface area is 187 Å². The molecule has 180 valence electrons. The van der Waals surface area contributed by atoms with Crippen molar-refractivity contribution in [3.05, 3.63) is 47.9 Å². The summed E-state index contributed by atoms with van der Waals surface area (Å²) in [6, 6.07) is 6.58. The maximum atomic E-state index is 14.1. The summed E-state index contributed by atoms with van der Waals surface area (Å²) in [6.45, 7) is 2.05. The Bertz CT molecular complexity index is 1120. The van der Waals surface area contributed by atoms with Crippen molar-refractivity contribution < 1.29 is 37.2 Å². The summed E-state index contributed by atoms with van der Waals surface area (Å²) < 4.78 is 61.5. The molecule has 0 saturated heterocycles. The van der Waals surface area contributed by atoms with Gasteiger partial charge >= 0.3 is 6.18 Å². The maximum absolute atomic E-state index is 14.1. The number of aliphatic hydroxyl groups is 1. The zero-order chi connectivity index (χ0) is 24.4. The van der Waals surface area contributed by atoms with Crippen molar-refractivity contribution in [1.29, 1.82) is 0 Å². The number of aromatic nitrogens is 2. The first-order valence-electron chi connectivity index (χ1n) is 9.95. The van der Waals surface area contributed by atoms with E-state index in [2.05, 4.69) is 20.4 Å². The van der Waals surface area contributed by atoms with Crippen LogP contribution in [0.5, 0.6) is 11.5 Å². The van der Waals surface area contributed by atoms with Crippen LogP contribution >= 0.6 is 0 Å². The minimum atomic E-state index is -5.00. The van der Waals surface area contributed by atoms with Crippen LogP contribution in [-0.4, -0.2) is 47.8 Å². The molecule has 1 unspecified atom stereocenters. The van der Waals surface area contributed by atoms with Gasteiger partial charge in [-0.15, -0.1) is 0 Å². The Morgan fingerprint density at radius 3 is 2.48 bits per heavy atom. The molecule has 33 heavy (non-hydrogen) atoms. The van der Waals surface area contributed by atoms with Crippen molar-refractivity contribution in [3.8, 4) is 11.5 Å². The van der Waals surface area contributed by atoms with Crippen molar-refractivity contribution in [2.75, 3.05) is 26.1 Å². The molecule has 3 aromatic rings. The summed E-state index contributed by atoms with van der Waals surface area (Å²) in [5.41, 5.74) is -3.57. The number of halogens is 4. The van der Waals surface area contributed by atoms with Gasteiger partial charge in [0.25, 0.3) is 0 Å². The molecule has 0 aliphatic rings. The van der Waals surface area contributed by atoms with Crippen molar-refractivity contribution in [3.63, 3.8) is 0 Å². The fraction of sp³-hybridized carbons (Fsp3) is 0.409. The molecule has 0 bridgehead atoms. The highest BCUT2D eigenvalue weighted by Gasteiger charge is 2.56. The molecule has 1 heterocycles. The van der Waals surface area contributed by atoms with Crippen LogP contribution in [0.2, 0.25) is 0 Å². The fourth-order valence-electron chi connectivity index (χ4n) is 3.81. The Morgan fingerprint density at radius 1 is 1.12 bits per heavy atom. The Kier molecular flexibility index (Phi) is 6.75.